The molecule has 0 unspecified atom stereocenters. The number of furan rings is 1. The van der Waals surface area contributed by atoms with Crippen molar-refractivity contribution in [3.8, 4) is 44.5 Å². The highest BCUT2D eigenvalue weighted by Gasteiger charge is 2.20. The molecule has 3 heteroatoms. The summed E-state index contributed by atoms with van der Waals surface area (Å²) in [4.78, 5) is 2.34. The number of anilines is 3. The van der Waals surface area contributed by atoms with Crippen molar-refractivity contribution in [3.05, 3.63) is 231 Å². The average molecular weight is 779 g/mol. The highest BCUT2D eigenvalue weighted by atomic mass is 16.3. The lowest BCUT2D eigenvalue weighted by Crippen LogP contribution is -2.10. The molecular formula is C58H38N2O. The summed E-state index contributed by atoms with van der Waals surface area (Å²) in [6.45, 7) is 0. The third-order valence-electron chi connectivity index (χ3n) is 12.1. The van der Waals surface area contributed by atoms with Gasteiger partial charge in [0.25, 0.3) is 0 Å². The number of para-hydroxylation sites is 2. The second kappa shape index (κ2) is 14.3. The van der Waals surface area contributed by atoms with Gasteiger partial charge in [-0.1, -0.05) is 170 Å². The van der Waals surface area contributed by atoms with Crippen LogP contribution in [0.2, 0.25) is 0 Å². The van der Waals surface area contributed by atoms with Gasteiger partial charge in [-0.25, -0.2) is 0 Å². The normalized spacial score (nSPS) is 11.6. The van der Waals surface area contributed by atoms with Crippen molar-refractivity contribution in [3.63, 3.8) is 0 Å². The topological polar surface area (TPSA) is 20.8 Å². The molecule has 3 nitrogen and oxygen atoms in total. The summed E-state index contributed by atoms with van der Waals surface area (Å²) in [6.07, 6.45) is 2.30. The van der Waals surface area contributed by atoms with Gasteiger partial charge >= 0.3 is 0 Å². The molecule has 0 bridgehead atoms. The minimum absolute atomic E-state index is 0.865. The van der Waals surface area contributed by atoms with Gasteiger partial charge in [0.15, 0.2) is 0 Å². The fourth-order valence-corrected chi connectivity index (χ4v) is 9.27. The predicted molar refractivity (Wildman–Crippen MR) is 256 cm³/mol. The van der Waals surface area contributed by atoms with E-state index in [2.05, 4.69) is 228 Å². The maximum absolute atomic E-state index is 6.41. The Kier molecular flexibility index (Phi) is 8.17. The van der Waals surface area contributed by atoms with Crippen LogP contribution in [0.3, 0.4) is 0 Å². The third kappa shape index (κ3) is 5.98. The predicted octanol–water partition coefficient (Wildman–Crippen LogP) is 16.3. The van der Waals surface area contributed by atoms with E-state index in [9.17, 15) is 0 Å². The van der Waals surface area contributed by atoms with Gasteiger partial charge in [0.05, 0.1) is 11.0 Å². The van der Waals surface area contributed by atoms with Crippen molar-refractivity contribution in [2.45, 2.75) is 0 Å². The summed E-state index contributed by atoms with van der Waals surface area (Å²) >= 11 is 0. The van der Waals surface area contributed by atoms with Crippen molar-refractivity contribution in [1.29, 1.82) is 0 Å². The summed E-state index contributed by atoms with van der Waals surface area (Å²) in [5.41, 5.74) is 16.8. The van der Waals surface area contributed by atoms with E-state index in [1.165, 1.54) is 55.0 Å². The molecule has 9 aromatic carbocycles. The number of benzene rings is 9. The van der Waals surface area contributed by atoms with Gasteiger partial charge in [0.1, 0.15) is 11.2 Å². The van der Waals surface area contributed by atoms with E-state index in [1.807, 2.05) is 12.1 Å². The zero-order valence-electron chi connectivity index (χ0n) is 33.2. The number of aromatic nitrogens is 1. The second-order valence-corrected chi connectivity index (χ2v) is 15.8. The monoisotopic (exact) mass is 778 g/mol. The lowest BCUT2D eigenvalue weighted by atomic mass is 9.96. The molecule has 0 atom stereocenters. The number of pyridine rings is 1. The quantitative estimate of drug-likeness (QED) is 0.161. The van der Waals surface area contributed by atoms with Crippen LogP contribution in [0.15, 0.2) is 235 Å². The van der Waals surface area contributed by atoms with E-state index in [1.54, 1.807) is 0 Å². The van der Waals surface area contributed by atoms with Gasteiger partial charge in [0.2, 0.25) is 0 Å². The van der Waals surface area contributed by atoms with E-state index in [4.69, 9.17) is 4.42 Å². The lowest BCUT2D eigenvalue weighted by Gasteiger charge is -2.26. The average Bonchev–Trinajstić information content (AvgIpc) is 3.86. The molecule has 0 saturated heterocycles. The Bertz CT molecular complexity index is 3580. The molecule has 0 aliphatic carbocycles. The van der Waals surface area contributed by atoms with Crippen LogP contribution >= 0.6 is 0 Å². The van der Waals surface area contributed by atoms with E-state index in [0.717, 1.165) is 55.7 Å². The third-order valence-corrected chi connectivity index (χ3v) is 12.1. The molecule has 0 fully saturated rings. The first-order valence-corrected chi connectivity index (χ1v) is 20.8. The minimum Gasteiger partial charge on any atom is -0.456 e. The number of rotatable bonds is 7. The molecule has 0 radical (unpaired) electrons. The Morgan fingerprint density at radius 3 is 1.66 bits per heavy atom. The molecule has 3 aromatic heterocycles. The molecule has 0 aliphatic heterocycles. The Morgan fingerprint density at radius 2 is 0.902 bits per heavy atom. The fourth-order valence-electron chi connectivity index (χ4n) is 9.27. The number of hydrogen-bond donors (Lipinski definition) is 0. The van der Waals surface area contributed by atoms with E-state index in [0.29, 0.717) is 0 Å². The molecule has 0 N–H and O–H groups in total. The minimum atomic E-state index is 0.865. The van der Waals surface area contributed by atoms with Gasteiger partial charge in [-0.3, -0.25) is 0 Å². The van der Waals surface area contributed by atoms with E-state index in [-0.39, 0.29) is 0 Å². The van der Waals surface area contributed by atoms with Crippen molar-refractivity contribution in [2.24, 2.45) is 0 Å². The molecule has 12 rings (SSSR count). The van der Waals surface area contributed by atoms with Crippen LogP contribution < -0.4 is 4.90 Å². The summed E-state index contributed by atoms with van der Waals surface area (Å²) < 4.78 is 8.81. The van der Waals surface area contributed by atoms with Crippen molar-refractivity contribution < 1.29 is 4.42 Å². The van der Waals surface area contributed by atoms with Crippen LogP contribution in [0.5, 0.6) is 0 Å². The lowest BCUT2D eigenvalue weighted by molar-refractivity contribution is 0.669. The van der Waals surface area contributed by atoms with Gasteiger partial charge < -0.3 is 13.7 Å². The summed E-state index contributed by atoms with van der Waals surface area (Å²) in [7, 11) is 0. The van der Waals surface area contributed by atoms with Crippen LogP contribution in [0, 0.1) is 0 Å². The van der Waals surface area contributed by atoms with Gasteiger partial charge in [-0.15, -0.1) is 0 Å². The summed E-state index contributed by atoms with van der Waals surface area (Å²) in [6, 6.07) is 80.6. The molecule has 12 aromatic rings. The molecule has 3 heterocycles. The Hall–Kier alpha value is -8.14. The zero-order chi connectivity index (χ0) is 40.3. The van der Waals surface area contributed by atoms with Crippen molar-refractivity contribution in [2.75, 3.05) is 4.90 Å². The largest absolute Gasteiger partial charge is 0.456 e. The highest BCUT2D eigenvalue weighted by molar-refractivity contribution is 6.12. The standard InChI is InChI=1S/C58H38N2O/c1-3-14-39(15-4-1)43-20-11-22-47(34-43)60(49-32-33-52-51-24-9-10-27-55(51)61-56(52)37-49)48-23-12-21-44(35-48)40-28-30-41(31-29-40)50-25-13-26-53-57(42-16-5-2-6-17-42)54-36-45-18-7-8-19-46(45)38-59(54)58(50)53/h1-38H. The number of hydrogen-bond acceptors (Lipinski definition) is 2. The summed E-state index contributed by atoms with van der Waals surface area (Å²) in [5, 5.41) is 5.93. The smallest absolute Gasteiger partial charge is 0.137 e. The fraction of sp³-hybridized carbons (Fsp3) is 0. The zero-order valence-corrected chi connectivity index (χ0v) is 33.2. The molecule has 0 saturated carbocycles. The summed E-state index contributed by atoms with van der Waals surface area (Å²) in [5.74, 6) is 0. The first-order valence-electron chi connectivity index (χ1n) is 20.8. The first-order chi connectivity index (χ1) is 30.2. The van der Waals surface area contributed by atoms with Crippen molar-refractivity contribution in [1.82, 2.24) is 4.40 Å². The van der Waals surface area contributed by atoms with E-state index >= 15 is 0 Å². The Balaban J connectivity index is 0.970. The Morgan fingerprint density at radius 1 is 0.344 bits per heavy atom. The SMILES string of the molecule is c1ccc(-c2cccc(N(c3cccc(-c4ccc(-c5cccc6c(-c7ccccc7)c7cc8ccccc8cn7c56)cc4)c3)c3ccc4c(c3)oc3ccccc34)c2)cc1. The molecule has 0 spiro atoms. The van der Waals surface area contributed by atoms with Gasteiger partial charge in [-0.2, -0.15) is 0 Å². The number of fused-ring (bicyclic) bond motifs is 7. The molecular weight excluding hydrogens is 741 g/mol. The van der Waals surface area contributed by atoms with Crippen LogP contribution in [0.1, 0.15) is 0 Å². The van der Waals surface area contributed by atoms with Crippen LogP contribution in [-0.4, -0.2) is 4.40 Å². The molecule has 286 valence electrons. The first kappa shape index (κ1) is 34.9. The maximum atomic E-state index is 6.41. The second-order valence-electron chi connectivity index (χ2n) is 15.8. The van der Waals surface area contributed by atoms with Crippen LogP contribution in [0.4, 0.5) is 17.1 Å². The molecule has 0 amide bonds. The van der Waals surface area contributed by atoms with E-state index < -0.39 is 0 Å². The van der Waals surface area contributed by atoms with Gasteiger partial charge in [-0.05, 0) is 92.7 Å². The molecule has 61 heavy (non-hydrogen) atoms. The number of nitrogens with zero attached hydrogens (tertiary/aromatic N) is 2. The van der Waals surface area contributed by atoms with Crippen LogP contribution in [0.25, 0.3) is 93.6 Å². The Labute approximate surface area is 353 Å². The molecule has 0 aliphatic rings. The highest BCUT2D eigenvalue weighted by Crippen LogP contribution is 2.43. The van der Waals surface area contributed by atoms with Gasteiger partial charge in [0, 0.05) is 56.6 Å². The van der Waals surface area contributed by atoms with Crippen LogP contribution in [-0.2, 0) is 0 Å². The maximum Gasteiger partial charge on any atom is 0.137 e. The van der Waals surface area contributed by atoms with Crippen molar-refractivity contribution >= 4 is 66.2 Å².